The first kappa shape index (κ1) is 32.4. The van der Waals surface area contributed by atoms with Crippen LogP contribution < -0.4 is 20.2 Å². The molecule has 46 heavy (non-hydrogen) atoms. The van der Waals surface area contributed by atoms with E-state index in [0.717, 1.165) is 45.5 Å². The number of nitrogens with zero attached hydrogens (tertiary/aromatic N) is 1. The number of hydrogen-bond donors (Lipinski definition) is 3. The maximum absolute atomic E-state index is 13.8. The van der Waals surface area contributed by atoms with Gasteiger partial charge in [0.1, 0.15) is 11.5 Å². The second kappa shape index (κ2) is 13.5. The first-order valence-electron chi connectivity index (χ1n) is 14.8. The van der Waals surface area contributed by atoms with Crippen LogP contribution in [-0.4, -0.2) is 42.3 Å². The number of halogens is 3. The highest BCUT2D eigenvalue weighted by Gasteiger charge is 2.35. The maximum Gasteiger partial charge on any atom is 0.416 e. The zero-order chi connectivity index (χ0) is 33.0. The van der Waals surface area contributed by atoms with E-state index in [2.05, 4.69) is 10.7 Å². The molecule has 240 valence electrons. The van der Waals surface area contributed by atoms with Gasteiger partial charge in [0.15, 0.2) is 0 Å². The molecule has 0 saturated carbocycles. The molecular formula is C35H34F3N3O5. The van der Waals surface area contributed by atoms with E-state index < -0.39 is 23.8 Å². The fourth-order valence-corrected chi connectivity index (χ4v) is 5.42. The van der Waals surface area contributed by atoms with Crippen molar-refractivity contribution in [3.8, 4) is 11.5 Å². The average molecular weight is 634 g/mol. The normalized spacial score (nSPS) is 15.4. The van der Waals surface area contributed by atoms with Gasteiger partial charge in [0, 0.05) is 17.7 Å². The second-order valence-electron chi connectivity index (χ2n) is 10.8. The van der Waals surface area contributed by atoms with E-state index in [1.165, 1.54) is 6.07 Å². The monoisotopic (exact) mass is 633 g/mol. The Morgan fingerprint density at radius 2 is 1.72 bits per heavy atom. The van der Waals surface area contributed by atoms with Gasteiger partial charge in [-0.25, -0.2) is 5.43 Å². The van der Waals surface area contributed by atoms with Crippen molar-refractivity contribution in [2.45, 2.75) is 38.5 Å². The third-order valence-electron chi connectivity index (χ3n) is 7.84. The van der Waals surface area contributed by atoms with E-state index >= 15 is 0 Å². The number of rotatable bonds is 11. The third kappa shape index (κ3) is 7.10. The van der Waals surface area contributed by atoms with Gasteiger partial charge >= 0.3 is 12.1 Å². The highest BCUT2D eigenvalue weighted by molar-refractivity contribution is 5.94. The van der Waals surface area contributed by atoms with Gasteiger partial charge in [0.05, 0.1) is 43.5 Å². The molecule has 4 aromatic rings. The van der Waals surface area contributed by atoms with Crippen LogP contribution in [0.5, 0.6) is 11.5 Å². The van der Waals surface area contributed by atoms with Crippen LogP contribution in [0.25, 0.3) is 16.5 Å². The minimum absolute atomic E-state index is 0.0113. The Morgan fingerprint density at radius 1 is 1.00 bits per heavy atom. The molecule has 11 heteroatoms. The van der Waals surface area contributed by atoms with Crippen LogP contribution in [-0.2, 0) is 11.0 Å². The maximum atomic E-state index is 13.8. The van der Waals surface area contributed by atoms with Crippen LogP contribution >= 0.6 is 0 Å². The number of benzene rings is 4. The Labute approximate surface area is 264 Å². The molecule has 1 aliphatic rings. The molecule has 8 nitrogen and oxygen atoms in total. The van der Waals surface area contributed by atoms with Crippen LogP contribution in [0.3, 0.4) is 0 Å². The second-order valence-corrected chi connectivity index (χ2v) is 10.8. The Morgan fingerprint density at radius 3 is 2.39 bits per heavy atom. The van der Waals surface area contributed by atoms with Crippen molar-refractivity contribution in [2.24, 2.45) is 0 Å². The molecule has 1 unspecified atom stereocenters. The van der Waals surface area contributed by atoms with Gasteiger partial charge < -0.3 is 24.9 Å². The summed E-state index contributed by atoms with van der Waals surface area (Å²) in [7, 11) is 1.60. The number of alkyl halides is 3. The topological polar surface area (TPSA) is 100 Å². The summed E-state index contributed by atoms with van der Waals surface area (Å²) in [6, 6.07) is 21.1. The Hall–Kier alpha value is -5.03. The van der Waals surface area contributed by atoms with E-state index in [0.29, 0.717) is 16.9 Å². The van der Waals surface area contributed by atoms with Gasteiger partial charge in [0.25, 0.3) is 5.91 Å². The summed E-state index contributed by atoms with van der Waals surface area (Å²) in [5.41, 5.74) is 5.80. The fourth-order valence-electron chi connectivity index (χ4n) is 5.42. The Bertz CT molecular complexity index is 1770. The summed E-state index contributed by atoms with van der Waals surface area (Å²) in [6.07, 6.45) is -2.82. The molecule has 1 amide bonds. The summed E-state index contributed by atoms with van der Waals surface area (Å²) in [6.45, 7) is 4.02. The van der Waals surface area contributed by atoms with Gasteiger partial charge in [-0.2, -0.15) is 13.2 Å². The standard InChI is InChI=1S/C35H34F3N3O5/c1-4-46-32-14-12-27(35(36,37)38)19-29(32)30-20-31(26-10-9-25-18-28(45-3)13-11-24(25)17-26)41(40-30)21(2)22-5-7-23(8-6-22)34(44)39-16-15-33(42)43/h5-14,17-21,30,40H,4,15-16H2,1-3H3,(H,39,44)(H,42,43)/t21-,30?/m0/s1. The number of amides is 1. The number of fused-ring (bicyclic) bond motifs is 1. The van der Waals surface area contributed by atoms with Gasteiger partial charge in [-0.3, -0.25) is 9.59 Å². The quantitative estimate of drug-likeness (QED) is 0.162. The molecule has 0 spiro atoms. The summed E-state index contributed by atoms with van der Waals surface area (Å²) >= 11 is 0. The molecule has 4 aromatic carbocycles. The van der Waals surface area contributed by atoms with E-state index in [1.807, 2.05) is 54.4 Å². The van der Waals surface area contributed by atoms with Crippen molar-refractivity contribution < 1.29 is 37.3 Å². The Kier molecular flexibility index (Phi) is 9.52. The number of aliphatic carboxylic acids is 1. The van der Waals surface area contributed by atoms with Crippen molar-refractivity contribution >= 4 is 28.3 Å². The highest BCUT2D eigenvalue weighted by atomic mass is 19.4. The van der Waals surface area contributed by atoms with Crippen LogP contribution in [0.4, 0.5) is 13.2 Å². The van der Waals surface area contributed by atoms with Crippen molar-refractivity contribution in [1.82, 2.24) is 15.8 Å². The Balaban J connectivity index is 1.52. The van der Waals surface area contributed by atoms with Crippen LogP contribution in [0.1, 0.15) is 65.0 Å². The lowest BCUT2D eigenvalue weighted by molar-refractivity contribution is -0.138. The number of hydrogen-bond acceptors (Lipinski definition) is 6. The van der Waals surface area contributed by atoms with Crippen LogP contribution in [0.15, 0.2) is 84.9 Å². The number of ether oxygens (including phenoxy) is 2. The van der Waals surface area contributed by atoms with Crippen LogP contribution in [0, 0.1) is 0 Å². The molecule has 0 aromatic heterocycles. The molecule has 5 rings (SSSR count). The number of hydrazine groups is 1. The molecule has 0 bridgehead atoms. The van der Waals surface area contributed by atoms with E-state index in [-0.39, 0.29) is 31.5 Å². The first-order chi connectivity index (χ1) is 22.0. The predicted molar refractivity (Wildman–Crippen MR) is 168 cm³/mol. The number of carboxylic acid groups (broad SMARTS) is 1. The largest absolute Gasteiger partial charge is 0.497 e. The van der Waals surface area contributed by atoms with Gasteiger partial charge in [-0.15, -0.1) is 0 Å². The van der Waals surface area contributed by atoms with Crippen molar-refractivity contribution in [3.63, 3.8) is 0 Å². The van der Waals surface area contributed by atoms with E-state index in [1.54, 1.807) is 38.3 Å². The molecular weight excluding hydrogens is 599 g/mol. The molecule has 1 heterocycles. The highest BCUT2D eigenvalue weighted by Crippen LogP contribution is 2.42. The van der Waals surface area contributed by atoms with Crippen molar-refractivity contribution in [3.05, 3.63) is 113 Å². The summed E-state index contributed by atoms with van der Waals surface area (Å²) < 4.78 is 52.5. The average Bonchev–Trinajstić information content (AvgIpc) is 3.49. The minimum Gasteiger partial charge on any atom is -0.497 e. The molecule has 3 N–H and O–H groups in total. The number of carboxylic acids is 1. The zero-order valence-electron chi connectivity index (χ0n) is 25.5. The molecule has 0 aliphatic carbocycles. The SMILES string of the molecule is CCOc1ccc(C(F)(F)F)cc1C1C=C(c2ccc3cc(OC)ccc3c2)N([C@@H](C)c2ccc(C(=O)NCCC(=O)O)cc2)N1. The number of carbonyl (C=O) groups is 2. The fraction of sp³-hybridized carbons (Fsp3) is 0.257. The van der Waals surface area contributed by atoms with E-state index in [4.69, 9.17) is 14.6 Å². The van der Waals surface area contributed by atoms with Gasteiger partial charge in [-0.05, 0) is 90.4 Å². The lowest BCUT2D eigenvalue weighted by Crippen LogP contribution is -2.35. The molecule has 2 atom stereocenters. The van der Waals surface area contributed by atoms with Crippen molar-refractivity contribution in [1.29, 1.82) is 0 Å². The summed E-state index contributed by atoms with van der Waals surface area (Å²) in [5, 5.41) is 15.3. The van der Waals surface area contributed by atoms with Crippen LogP contribution in [0.2, 0.25) is 0 Å². The van der Waals surface area contributed by atoms with Crippen molar-refractivity contribution in [2.75, 3.05) is 20.3 Å². The van der Waals surface area contributed by atoms with Gasteiger partial charge in [-0.1, -0.05) is 30.3 Å². The van der Waals surface area contributed by atoms with E-state index in [9.17, 15) is 22.8 Å². The summed E-state index contributed by atoms with van der Waals surface area (Å²) in [4.78, 5) is 23.3. The number of nitrogens with one attached hydrogen (secondary N) is 2. The smallest absolute Gasteiger partial charge is 0.416 e. The number of carbonyl (C=O) groups excluding carboxylic acids is 1. The zero-order valence-corrected chi connectivity index (χ0v) is 25.5. The lowest BCUT2D eigenvalue weighted by atomic mass is 9.99. The molecule has 0 fully saturated rings. The lowest BCUT2D eigenvalue weighted by Gasteiger charge is -2.31. The molecule has 0 radical (unpaired) electrons. The predicted octanol–water partition coefficient (Wildman–Crippen LogP) is 7.13. The molecule has 0 saturated heterocycles. The number of methoxy groups -OCH3 is 1. The van der Waals surface area contributed by atoms with Gasteiger partial charge in [0.2, 0.25) is 0 Å². The molecule has 1 aliphatic heterocycles. The first-order valence-corrected chi connectivity index (χ1v) is 14.8. The summed E-state index contributed by atoms with van der Waals surface area (Å²) in [5.74, 6) is -0.318. The third-order valence-corrected chi connectivity index (χ3v) is 7.84. The minimum atomic E-state index is -4.53.